The fraction of sp³-hybridized carbons (Fsp3) is 0.562. The highest BCUT2D eigenvalue weighted by atomic mass is 16.5. The number of nitrogens with two attached hydrogens (primary N) is 1. The largest absolute Gasteiger partial charge is 0.383 e. The molecule has 1 atom stereocenters. The minimum atomic E-state index is -0.172. The lowest BCUT2D eigenvalue weighted by atomic mass is 9.96. The first-order chi connectivity index (χ1) is 10.1. The van der Waals surface area contributed by atoms with E-state index < -0.39 is 0 Å². The zero-order valence-electron chi connectivity index (χ0n) is 12.8. The van der Waals surface area contributed by atoms with Gasteiger partial charge in [0, 0.05) is 32.2 Å². The van der Waals surface area contributed by atoms with Crippen LogP contribution in [0.1, 0.15) is 19.8 Å². The summed E-state index contributed by atoms with van der Waals surface area (Å²) < 4.78 is 5.17. The molecule has 1 aliphatic heterocycles. The molecule has 1 aromatic rings. The van der Waals surface area contributed by atoms with Crippen molar-refractivity contribution in [2.24, 2.45) is 11.7 Å². The van der Waals surface area contributed by atoms with Crippen LogP contribution in [0.2, 0.25) is 0 Å². The van der Waals surface area contributed by atoms with Gasteiger partial charge >= 0.3 is 0 Å². The van der Waals surface area contributed by atoms with Crippen LogP contribution in [-0.2, 0) is 9.53 Å². The van der Waals surface area contributed by atoms with Crippen LogP contribution < -0.4 is 16.0 Å². The van der Waals surface area contributed by atoms with Gasteiger partial charge in [-0.25, -0.2) is 0 Å². The summed E-state index contributed by atoms with van der Waals surface area (Å²) in [5.41, 5.74) is 7.69. The smallest absolute Gasteiger partial charge is 0.220 e. The summed E-state index contributed by atoms with van der Waals surface area (Å²) in [6, 6.07) is 8.52. The highest BCUT2D eigenvalue weighted by molar-refractivity contribution is 5.77. The predicted molar refractivity (Wildman–Crippen MR) is 85.5 cm³/mol. The topological polar surface area (TPSA) is 67.6 Å². The number of piperidine rings is 1. The van der Waals surface area contributed by atoms with Crippen LogP contribution in [0.5, 0.6) is 0 Å². The van der Waals surface area contributed by atoms with Crippen molar-refractivity contribution >= 4 is 17.3 Å². The van der Waals surface area contributed by atoms with Gasteiger partial charge in [-0.2, -0.15) is 0 Å². The number of methoxy groups -OCH3 is 1. The van der Waals surface area contributed by atoms with Gasteiger partial charge in [0.25, 0.3) is 0 Å². The lowest BCUT2D eigenvalue weighted by molar-refractivity contribution is -0.122. The third-order valence-electron chi connectivity index (χ3n) is 3.96. The Bertz CT molecular complexity index is 470. The number of hydrogen-bond acceptors (Lipinski definition) is 4. The Morgan fingerprint density at radius 2 is 2.10 bits per heavy atom. The molecular weight excluding hydrogens is 266 g/mol. The summed E-state index contributed by atoms with van der Waals surface area (Å²) in [7, 11) is 1.71. The fourth-order valence-corrected chi connectivity index (χ4v) is 2.83. The number of para-hydroxylation sites is 2. The van der Waals surface area contributed by atoms with E-state index in [-0.39, 0.29) is 17.9 Å². The maximum atomic E-state index is 11.3. The highest BCUT2D eigenvalue weighted by Gasteiger charge is 2.24. The number of rotatable bonds is 6. The molecule has 2 rings (SSSR count). The van der Waals surface area contributed by atoms with Gasteiger partial charge in [-0.15, -0.1) is 0 Å². The zero-order valence-corrected chi connectivity index (χ0v) is 12.8. The molecule has 3 N–H and O–H groups in total. The number of benzene rings is 1. The zero-order chi connectivity index (χ0) is 15.2. The number of nitrogens with one attached hydrogen (secondary N) is 1. The molecule has 116 valence electrons. The Hall–Kier alpha value is -1.75. The summed E-state index contributed by atoms with van der Waals surface area (Å²) in [5, 5.41) is 3.48. The molecule has 1 aromatic carbocycles. The number of ether oxygens (including phenoxy) is 1. The lowest BCUT2D eigenvalue weighted by Gasteiger charge is -2.34. The number of nitrogens with zero attached hydrogens (tertiary/aromatic N) is 1. The first-order valence-electron chi connectivity index (χ1n) is 7.50. The molecule has 0 bridgehead atoms. The Labute approximate surface area is 126 Å². The number of primary amides is 1. The number of carbonyl (C=O) groups is 1. The van der Waals surface area contributed by atoms with Crippen molar-refractivity contribution in [1.82, 2.24) is 0 Å². The minimum absolute atomic E-state index is 0.0220. The van der Waals surface area contributed by atoms with Gasteiger partial charge < -0.3 is 20.7 Å². The molecule has 0 saturated carbocycles. The van der Waals surface area contributed by atoms with Crippen LogP contribution in [0.3, 0.4) is 0 Å². The van der Waals surface area contributed by atoms with Gasteiger partial charge in [0.15, 0.2) is 0 Å². The third-order valence-corrected chi connectivity index (χ3v) is 3.96. The van der Waals surface area contributed by atoms with Crippen molar-refractivity contribution in [1.29, 1.82) is 0 Å². The summed E-state index contributed by atoms with van der Waals surface area (Å²) in [4.78, 5) is 13.6. The predicted octanol–water partition coefficient (Wildman–Crippen LogP) is 1.84. The van der Waals surface area contributed by atoms with E-state index in [1.165, 1.54) is 5.69 Å². The van der Waals surface area contributed by atoms with E-state index in [1.807, 2.05) is 12.1 Å². The fourth-order valence-electron chi connectivity index (χ4n) is 2.83. The monoisotopic (exact) mass is 291 g/mol. The van der Waals surface area contributed by atoms with Gasteiger partial charge in [-0.3, -0.25) is 4.79 Å². The first kappa shape index (κ1) is 15.6. The summed E-state index contributed by atoms with van der Waals surface area (Å²) in [6.07, 6.45) is 1.66. The molecule has 0 spiro atoms. The Balaban J connectivity index is 2.05. The van der Waals surface area contributed by atoms with E-state index in [0.717, 1.165) is 31.6 Å². The second-order valence-corrected chi connectivity index (χ2v) is 5.68. The van der Waals surface area contributed by atoms with Gasteiger partial charge in [0.1, 0.15) is 0 Å². The highest BCUT2D eigenvalue weighted by Crippen LogP contribution is 2.30. The average Bonchev–Trinajstić information content (AvgIpc) is 2.48. The molecule has 1 fully saturated rings. The number of anilines is 2. The maximum Gasteiger partial charge on any atom is 0.220 e. The number of amides is 1. The van der Waals surface area contributed by atoms with Crippen LogP contribution in [0.25, 0.3) is 0 Å². The molecule has 1 heterocycles. The van der Waals surface area contributed by atoms with Gasteiger partial charge in [0.05, 0.1) is 18.0 Å². The van der Waals surface area contributed by atoms with Crippen molar-refractivity contribution in [3.05, 3.63) is 24.3 Å². The van der Waals surface area contributed by atoms with Crippen molar-refractivity contribution in [3.8, 4) is 0 Å². The molecule has 1 aliphatic rings. The average molecular weight is 291 g/mol. The normalized spacial score (nSPS) is 17.5. The van der Waals surface area contributed by atoms with E-state index in [1.54, 1.807) is 7.11 Å². The van der Waals surface area contributed by atoms with Crippen molar-refractivity contribution < 1.29 is 9.53 Å². The quantitative estimate of drug-likeness (QED) is 0.839. The van der Waals surface area contributed by atoms with Crippen molar-refractivity contribution in [2.45, 2.75) is 25.8 Å². The molecule has 5 heteroatoms. The Kier molecular flexibility index (Phi) is 5.44. The number of carbonyl (C=O) groups excluding carboxylic acids is 1. The molecule has 0 unspecified atom stereocenters. The van der Waals surface area contributed by atoms with Crippen LogP contribution in [0, 0.1) is 5.92 Å². The van der Waals surface area contributed by atoms with E-state index in [0.29, 0.717) is 6.61 Å². The molecular formula is C16H25N3O2. The second kappa shape index (κ2) is 7.31. The van der Waals surface area contributed by atoms with Gasteiger partial charge in [-0.05, 0) is 31.9 Å². The third kappa shape index (κ3) is 4.11. The van der Waals surface area contributed by atoms with Crippen molar-refractivity contribution in [3.63, 3.8) is 0 Å². The van der Waals surface area contributed by atoms with Crippen LogP contribution in [0.4, 0.5) is 11.4 Å². The van der Waals surface area contributed by atoms with Gasteiger partial charge in [0.2, 0.25) is 5.91 Å². The van der Waals surface area contributed by atoms with Crippen LogP contribution in [-0.4, -0.2) is 38.8 Å². The van der Waals surface area contributed by atoms with E-state index in [9.17, 15) is 4.79 Å². The summed E-state index contributed by atoms with van der Waals surface area (Å²) >= 11 is 0. The molecule has 5 nitrogen and oxygen atoms in total. The van der Waals surface area contributed by atoms with E-state index >= 15 is 0 Å². The molecule has 1 amide bonds. The van der Waals surface area contributed by atoms with E-state index in [2.05, 4.69) is 29.3 Å². The number of hydrogen-bond donors (Lipinski definition) is 2. The lowest BCUT2D eigenvalue weighted by Crippen LogP contribution is -2.39. The molecule has 0 aliphatic carbocycles. The maximum absolute atomic E-state index is 11.3. The summed E-state index contributed by atoms with van der Waals surface area (Å²) in [6.45, 7) is 4.49. The molecule has 21 heavy (non-hydrogen) atoms. The minimum Gasteiger partial charge on any atom is -0.383 e. The standard InChI is InChI=1S/C16H25N3O2/c1-12(11-21-2)18-14-5-3-4-6-15(14)19-9-7-13(8-10-19)16(17)20/h3-6,12-13,18H,7-11H2,1-2H3,(H2,17,20)/t12-/m1/s1. The van der Waals surface area contributed by atoms with Crippen LogP contribution in [0.15, 0.2) is 24.3 Å². The Morgan fingerprint density at radius 1 is 1.43 bits per heavy atom. The van der Waals surface area contributed by atoms with Gasteiger partial charge in [-0.1, -0.05) is 12.1 Å². The van der Waals surface area contributed by atoms with Crippen molar-refractivity contribution in [2.75, 3.05) is 37.0 Å². The van der Waals surface area contributed by atoms with Crippen LogP contribution >= 0.6 is 0 Å². The molecule has 0 radical (unpaired) electrons. The molecule has 0 aromatic heterocycles. The van der Waals surface area contributed by atoms with E-state index in [4.69, 9.17) is 10.5 Å². The Morgan fingerprint density at radius 3 is 2.71 bits per heavy atom. The summed E-state index contributed by atoms with van der Waals surface area (Å²) in [5.74, 6) is -0.149. The first-order valence-corrected chi connectivity index (χ1v) is 7.50. The second-order valence-electron chi connectivity index (χ2n) is 5.68. The molecule has 1 saturated heterocycles. The SMILES string of the molecule is COC[C@@H](C)Nc1ccccc1N1CCC(C(N)=O)CC1.